The number of hydrogen-bond donors (Lipinski definition) is 2. The first-order valence-electron chi connectivity index (χ1n) is 9.63. The van der Waals surface area contributed by atoms with Crippen LogP contribution in [0.3, 0.4) is 0 Å². The van der Waals surface area contributed by atoms with Crippen LogP contribution in [0.1, 0.15) is 32.6 Å². The van der Waals surface area contributed by atoms with Crippen molar-refractivity contribution in [2.45, 2.75) is 44.8 Å². The van der Waals surface area contributed by atoms with Crippen LogP contribution >= 0.6 is 0 Å². The van der Waals surface area contributed by atoms with E-state index in [-0.39, 0.29) is 31.4 Å². The Morgan fingerprint density at radius 1 is 1.33 bits per heavy atom. The second-order valence-electron chi connectivity index (χ2n) is 6.71. The van der Waals surface area contributed by atoms with E-state index in [4.69, 9.17) is 9.47 Å². The Balaban J connectivity index is 1.81. The van der Waals surface area contributed by atoms with Gasteiger partial charge in [-0.1, -0.05) is 38.0 Å². The first-order chi connectivity index (χ1) is 13.1. The van der Waals surface area contributed by atoms with Crippen molar-refractivity contribution in [1.82, 2.24) is 10.2 Å². The molecule has 2 unspecified atom stereocenters. The van der Waals surface area contributed by atoms with Crippen molar-refractivity contribution in [3.8, 4) is 5.75 Å². The third-order valence-electron chi connectivity index (χ3n) is 4.44. The van der Waals surface area contributed by atoms with Crippen LogP contribution in [0, 0.1) is 0 Å². The van der Waals surface area contributed by atoms with Crippen LogP contribution in [0.4, 0.5) is 0 Å². The summed E-state index contributed by atoms with van der Waals surface area (Å²) in [4.78, 5) is 26.1. The lowest BCUT2D eigenvalue weighted by atomic mass is 10.1. The number of piperazine rings is 1. The maximum Gasteiger partial charge on any atom is 0.307 e. The number of para-hydroxylation sites is 1. The Morgan fingerprint density at radius 2 is 2.11 bits per heavy atom. The molecule has 1 fully saturated rings. The Morgan fingerprint density at radius 3 is 2.85 bits per heavy atom. The van der Waals surface area contributed by atoms with E-state index in [1.807, 2.05) is 35.2 Å². The fourth-order valence-corrected chi connectivity index (χ4v) is 2.99. The van der Waals surface area contributed by atoms with E-state index >= 15 is 0 Å². The second-order valence-corrected chi connectivity index (χ2v) is 6.71. The topological polar surface area (TPSA) is 88.1 Å². The maximum absolute atomic E-state index is 12.2. The molecule has 2 atom stereocenters. The lowest BCUT2D eigenvalue weighted by Crippen LogP contribution is -2.57. The predicted molar refractivity (Wildman–Crippen MR) is 101 cm³/mol. The van der Waals surface area contributed by atoms with E-state index in [0.717, 1.165) is 19.3 Å². The minimum atomic E-state index is -0.765. The summed E-state index contributed by atoms with van der Waals surface area (Å²) in [5, 5.41) is 13.1. The van der Waals surface area contributed by atoms with Crippen molar-refractivity contribution in [3.63, 3.8) is 0 Å². The van der Waals surface area contributed by atoms with Crippen LogP contribution in [-0.2, 0) is 14.3 Å². The zero-order chi connectivity index (χ0) is 19.5. The number of benzene rings is 1. The van der Waals surface area contributed by atoms with Crippen LogP contribution in [0.25, 0.3) is 0 Å². The quantitative estimate of drug-likeness (QED) is 0.446. The first kappa shape index (κ1) is 21.2. The number of aliphatic hydroxyl groups excluding tert-OH is 1. The number of β-amino-alcohol motifs (C(OH)–C–C–N with tert-alkyl or cyclic N) is 1. The number of carbonyl (C=O) groups excluding carboxylic acids is 2. The van der Waals surface area contributed by atoms with Crippen LogP contribution in [0.2, 0.25) is 0 Å². The van der Waals surface area contributed by atoms with Crippen molar-refractivity contribution in [2.24, 2.45) is 0 Å². The summed E-state index contributed by atoms with van der Waals surface area (Å²) in [5.74, 6) is 0.0938. The number of rotatable bonds is 11. The summed E-state index contributed by atoms with van der Waals surface area (Å²) >= 11 is 0. The van der Waals surface area contributed by atoms with Gasteiger partial charge in [0.05, 0.1) is 19.1 Å². The molecular weight excluding hydrogens is 348 g/mol. The number of esters is 1. The second kappa shape index (κ2) is 11.6. The summed E-state index contributed by atoms with van der Waals surface area (Å²) in [6.45, 7) is 3.91. The number of hydrogen-bond acceptors (Lipinski definition) is 6. The molecule has 1 saturated heterocycles. The van der Waals surface area contributed by atoms with Gasteiger partial charge in [0.15, 0.2) is 0 Å². The number of carbonyl (C=O) groups is 2. The molecule has 1 aromatic rings. The maximum atomic E-state index is 12.2. The van der Waals surface area contributed by atoms with Gasteiger partial charge in [0.2, 0.25) is 5.91 Å². The monoisotopic (exact) mass is 378 g/mol. The zero-order valence-electron chi connectivity index (χ0n) is 15.9. The average molecular weight is 378 g/mol. The van der Waals surface area contributed by atoms with Crippen molar-refractivity contribution in [3.05, 3.63) is 30.3 Å². The van der Waals surface area contributed by atoms with Gasteiger partial charge in [-0.2, -0.15) is 0 Å². The Hall–Kier alpha value is -2.12. The van der Waals surface area contributed by atoms with Gasteiger partial charge in [0.25, 0.3) is 0 Å². The van der Waals surface area contributed by atoms with Crippen molar-refractivity contribution in [1.29, 1.82) is 0 Å². The first-order valence-corrected chi connectivity index (χ1v) is 9.63. The van der Waals surface area contributed by atoms with E-state index < -0.39 is 12.1 Å². The van der Waals surface area contributed by atoms with Gasteiger partial charge in [-0.3, -0.25) is 14.5 Å². The number of unbranched alkanes of at least 4 members (excludes halogenated alkanes) is 2. The SMILES string of the molecule is CCCCCOC(=O)CC1C(=O)NCCN1CC(O)COc1ccccc1. The van der Waals surface area contributed by atoms with E-state index in [1.165, 1.54) is 0 Å². The molecule has 2 rings (SSSR count). The molecule has 150 valence electrons. The molecule has 1 aliphatic rings. The van der Waals surface area contributed by atoms with Gasteiger partial charge < -0.3 is 19.9 Å². The lowest BCUT2D eigenvalue weighted by Gasteiger charge is -2.35. The summed E-state index contributed by atoms with van der Waals surface area (Å²) in [6, 6.07) is 8.62. The largest absolute Gasteiger partial charge is 0.491 e. The fourth-order valence-electron chi connectivity index (χ4n) is 2.99. The molecule has 0 aliphatic carbocycles. The molecule has 7 heteroatoms. The van der Waals surface area contributed by atoms with Crippen LogP contribution in [0.15, 0.2) is 30.3 Å². The van der Waals surface area contributed by atoms with Gasteiger partial charge in [-0.05, 0) is 18.6 Å². The summed E-state index contributed by atoms with van der Waals surface area (Å²) in [7, 11) is 0. The molecule has 0 spiro atoms. The van der Waals surface area contributed by atoms with Gasteiger partial charge in [0, 0.05) is 19.6 Å². The number of nitrogens with one attached hydrogen (secondary N) is 1. The molecule has 7 nitrogen and oxygen atoms in total. The highest BCUT2D eigenvalue weighted by Gasteiger charge is 2.33. The van der Waals surface area contributed by atoms with Gasteiger partial charge >= 0.3 is 5.97 Å². The third kappa shape index (κ3) is 7.56. The smallest absolute Gasteiger partial charge is 0.307 e. The fraction of sp³-hybridized carbons (Fsp3) is 0.600. The third-order valence-corrected chi connectivity index (χ3v) is 4.44. The number of ether oxygens (including phenoxy) is 2. The van der Waals surface area contributed by atoms with E-state index in [1.54, 1.807) is 0 Å². The number of amides is 1. The number of nitrogens with zero attached hydrogens (tertiary/aromatic N) is 1. The summed E-state index contributed by atoms with van der Waals surface area (Å²) in [5.41, 5.74) is 0. The molecule has 0 saturated carbocycles. The van der Waals surface area contributed by atoms with Crippen LogP contribution in [0.5, 0.6) is 5.75 Å². The molecule has 0 bridgehead atoms. The lowest BCUT2D eigenvalue weighted by molar-refractivity contribution is -0.149. The number of aliphatic hydroxyl groups is 1. The Labute approximate surface area is 160 Å². The van der Waals surface area contributed by atoms with E-state index in [2.05, 4.69) is 12.2 Å². The standard InChI is InChI=1S/C20H30N2O5/c1-2-3-7-12-26-19(24)13-18-20(25)21-10-11-22(18)14-16(23)15-27-17-8-5-4-6-9-17/h4-6,8-9,16,18,23H,2-3,7,10-15H2,1H3,(H,21,25). The summed E-state index contributed by atoms with van der Waals surface area (Å²) in [6.07, 6.45) is 2.12. The molecule has 2 N–H and O–H groups in total. The Bertz CT molecular complexity index is 581. The van der Waals surface area contributed by atoms with Crippen LogP contribution < -0.4 is 10.1 Å². The summed E-state index contributed by atoms with van der Waals surface area (Å²) < 4.78 is 10.8. The van der Waals surface area contributed by atoms with Crippen LogP contribution in [-0.4, -0.2) is 66.9 Å². The highest BCUT2D eigenvalue weighted by Crippen LogP contribution is 2.13. The molecule has 1 amide bonds. The molecule has 0 aromatic heterocycles. The minimum Gasteiger partial charge on any atom is -0.491 e. The highest BCUT2D eigenvalue weighted by atomic mass is 16.5. The Kier molecular flexibility index (Phi) is 9.07. The van der Waals surface area contributed by atoms with Crippen molar-refractivity contribution in [2.75, 3.05) is 32.8 Å². The predicted octanol–water partition coefficient (Wildman–Crippen LogP) is 1.35. The van der Waals surface area contributed by atoms with Gasteiger partial charge in [0.1, 0.15) is 18.5 Å². The minimum absolute atomic E-state index is 0.00970. The van der Waals surface area contributed by atoms with Crippen molar-refractivity contribution >= 4 is 11.9 Å². The van der Waals surface area contributed by atoms with Gasteiger partial charge in [-0.25, -0.2) is 0 Å². The zero-order valence-corrected chi connectivity index (χ0v) is 15.9. The molecule has 0 radical (unpaired) electrons. The molecule has 27 heavy (non-hydrogen) atoms. The van der Waals surface area contributed by atoms with Gasteiger partial charge in [-0.15, -0.1) is 0 Å². The molecule has 1 heterocycles. The molecule has 1 aliphatic heterocycles. The highest BCUT2D eigenvalue weighted by molar-refractivity contribution is 5.87. The van der Waals surface area contributed by atoms with E-state index in [0.29, 0.717) is 25.4 Å². The average Bonchev–Trinajstić information content (AvgIpc) is 2.67. The normalized spacial score (nSPS) is 18.6. The molecule has 1 aromatic carbocycles. The molecular formula is C20H30N2O5. The van der Waals surface area contributed by atoms with E-state index in [9.17, 15) is 14.7 Å². The van der Waals surface area contributed by atoms with Crippen molar-refractivity contribution < 1.29 is 24.2 Å².